The van der Waals surface area contributed by atoms with Gasteiger partial charge >= 0.3 is 5.97 Å². The molecule has 20 heavy (non-hydrogen) atoms. The first-order chi connectivity index (χ1) is 9.47. The predicted molar refractivity (Wildman–Crippen MR) is 80.3 cm³/mol. The number of hydrogen-bond acceptors (Lipinski definition) is 3. The molecule has 0 aliphatic heterocycles. The van der Waals surface area contributed by atoms with Crippen molar-refractivity contribution in [1.82, 2.24) is 5.32 Å². The quantitative estimate of drug-likeness (QED) is 0.838. The molecule has 0 spiro atoms. The van der Waals surface area contributed by atoms with Crippen LogP contribution in [0.4, 0.5) is 0 Å². The summed E-state index contributed by atoms with van der Waals surface area (Å²) in [6.45, 7) is 7.45. The maximum atomic E-state index is 12.4. The molecular formula is C17H25NO2. The molecular weight excluding hydrogens is 250 g/mol. The van der Waals surface area contributed by atoms with Crippen LogP contribution in [0.25, 0.3) is 0 Å². The summed E-state index contributed by atoms with van der Waals surface area (Å²) in [7, 11) is 0. The van der Waals surface area contributed by atoms with E-state index in [4.69, 9.17) is 4.74 Å². The molecule has 1 atom stereocenters. The molecule has 1 aliphatic carbocycles. The summed E-state index contributed by atoms with van der Waals surface area (Å²) in [6.07, 6.45) is 2.74. The third kappa shape index (κ3) is 3.40. The maximum Gasteiger partial charge on any atom is 0.326 e. The molecule has 0 radical (unpaired) electrons. The molecule has 2 rings (SSSR count). The van der Waals surface area contributed by atoms with E-state index in [1.54, 1.807) is 0 Å². The van der Waals surface area contributed by atoms with Gasteiger partial charge in [0.05, 0.1) is 6.61 Å². The highest BCUT2D eigenvalue weighted by atomic mass is 16.5. The standard InChI is InChI=1S/C17H25NO2/c1-4-20-15(19)17(11-10-16(2,3)13-17)18-12-14-8-6-5-7-9-14/h5-9,18H,4,10-13H2,1-3H3. The lowest BCUT2D eigenvalue weighted by atomic mass is 9.87. The van der Waals surface area contributed by atoms with E-state index in [9.17, 15) is 4.79 Å². The van der Waals surface area contributed by atoms with Crippen LogP contribution < -0.4 is 5.32 Å². The number of carbonyl (C=O) groups is 1. The number of hydrogen-bond donors (Lipinski definition) is 1. The van der Waals surface area contributed by atoms with E-state index in [0.717, 1.165) is 19.3 Å². The molecule has 3 nitrogen and oxygen atoms in total. The first kappa shape index (κ1) is 15.0. The Hall–Kier alpha value is -1.35. The molecule has 1 aliphatic rings. The number of benzene rings is 1. The molecule has 0 aromatic heterocycles. The Kier molecular flexibility index (Phi) is 4.48. The minimum Gasteiger partial charge on any atom is -0.465 e. The molecule has 1 unspecified atom stereocenters. The van der Waals surface area contributed by atoms with E-state index in [1.165, 1.54) is 5.56 Å². The minimum atomic E-state index is -0.519. The summed E-state index contributed by atoms with van der Waals surface area (Å²) >= 11 is 0. The van der Waals surface area contributed by atoms with Gasteiger partial charge in [-0.25, -0.2) is 0 Å². The van der Waals surface area contributed by atoms with Gasteiger partial charge in [-0.15, -0.1) is 0 Å². The zero-order chi connectivity index (χ0) is 14.6. The van der Waals surface area contributed by atoms with E-state index < -0.39 is 5.54 Å². The van der Waals surface area contributed by atoms with Crippen molar-refractivity contribution >= 4 is 5.97 Å². The normalized spacial score (nSPS) is 24.6. The zero-order valence-electron chi connectivity index (χ0n) is 12.7. The van der Waals surface area contributed by atoms with E-state index in [1.807, 2.05) is 25.1 Å². The topological polar surface area (TPSA) is 38.3 Å². The summed E-state index contributed by atoms with van der Waals surface area (Å²) in [5, 5.41) is 3.48. The Labute approximate surface area is 121 Å². The molecule has 3 heteroatoms. The van der Waals surface area contributed by atoms with Crippen molar-refractivity contribution in [3.05, 3.63) is 35.9 Å². The van der Waals surface area contributed by atoms with Gasteiger partial charge < -0.3 is 4.74 Å². The number of carbonyl (C=O) groups excluding carboxylic acids is 1. The number of ether oxygens (including phenoxy) is 1. The van der Waals surface area contributed by atoms with E-state index in [-0.39, 0.29) is 11.4 Å². The van der Waals surface area contributed by atoms with Crippen molar-refractivity contribution < 1.29 is 9.53 Å². The molecule has 1 aromatic carbocycles. The van der Waals surface area contributed by atoms with Crippen LogP contribution in [0.15, 0.2) is 30.3 Å². The Bertz CT molecular complexity index is 455. The Morgan fingerprint density at radius 2 is 1.95 bits per heavy atom. The van der Waals surface area contributed by atoms with Gasteiger partial charge in [-0.3, -0.25) is 10.1 Å². The molecule has 0 bridgehead atoms. The van der Waals surface area contributed by atoms with E-state index in [0.29, 0.717) is 13.2 Å². The van der Waals surface area contributed by atoms with Crippen LogP contribution in [0.2, 0.25) is 0 Å². The second-order valence-corrected chi connectivity index (χ2v) is 6.48. The lowest BCUT2D eigenvalue weighted by Gasteiger charge is -2.30. The highest BCUT2D eigenvalue weighted by Crippen LogP contribution is 2.44. The van der Waals surface area contributed by atoms with Gasteiger partial charge in [-0.2, -0.15) is 0 Å². The largest absolute Gasteiger partial charge is 0.465 e. The van der Waals surface area contributed by atoms with Gasteiger partial charge in [0.2, 0.25) is 0 Å². The maximum absolute atomic E-state index is 12.4. The van der Waals surface area contributed by atoms with Crippen LogP contribution in [0.1, 0.15) is 45.6 Å². The van der Waals surface area contributed by atoms with Crippen molar-refractivity contribution in [3.63, 3.8) is 0 Å². The molecule has 0 saturated heterocycles. The first-order valence-corrected chi connectivity index (χ1v) is 7.44. The van der Waals surface area contributed by atoms with Crippen LogP contribution in [-0.4, -0.2) is 18.1 Å². The van der Waals surface area contributed by atoms with Crippen molar-refractivity contribution in [1.29, 1.82) is 0 Å². The fraction of sp³-hybridized carbons (Fsp3) is 0.588. The fourth-order valence-corrected chi connectivity index (χ4v) is 3.08. The number of esters is 1. The smallest absolute Gasteiger partial charge is 0.326 e. The summed E-state index contributed by atoms with van der Waals surface area (Å²) in [5.41, 5.74) is 0.868. The minimum absolute atomic E-state index is 0.0958. The van der Waals surface area contributed by atoms with Crippen molar-refractivity contribution in [2.75, 3.05) is 6.61 Å². The molecule has 1 N–H and O–H groups in total. The highest BCUT2D eigenvalue weighted by Gasteiger charge is 2.49. The van der Waals surface area contributed by atoms with Crippen LogP contribution in [-0.2, 0) is 16.1 Å². The van der Waals surface area contributed by atoms with Crippen LogP contribution in [0, 0.1) is 5.41 Å². The third-order valence-corrected chi connectivity index (χ3v) is 4.15. The zero-order valence-corrected chi connectivity index (χ0v) is 12.7. The van der Waals surface area contributed by atoms with Crippen molar-refractivity contribution in [2.45, 2.75) is 52.1 Å². The van der Waals surface area contributed by atoms with Gasteiger partial charge in [0.15, 0.2) is 0 Å². The van der Waals surface area contributed by atoms with Gasteiger partial charge in [0, 0.05) is 6.54 Å². The molecule has 0 amide bonds. The first-order valence-electron chi connectivity index (χ1n) is 7.44. The highest BCUT2D eigenvalue weighted by molar-refractivity contribution is 5.81. The van der Waals surface area contributed by atoms with Crippen LogP contribution >= 0.6 is 0 Å². The fourth-order valence-electron chi connectivity index (χ4n) is 3.08. The lowest BCUT2D eigenvalue weighted by Crippen LogP contribution is -2.51. The molecule has 110 valence electrons. The lowest BCUT2D eigenvalue weighted by molar-refractivity contribution is -0.151. The van der Waals surface area contributed by atoms with Gasteiger partial charge in [0.1, 0.15) is 5.54 Å². The Morgan fingerprint density at radius 1 is 1.25 bits per heavy atom. The van der Waals surface area contributed by atoms with Crippen LogP contribution in [0.3, 0.4) is 0 Å². The van der Waals surface area contributed by atoms with Gasteiger partial charge in [-0.05, 0) is 37.2 Å². The van der Waals surface area contributed by atoms with E-state index in [2.05, 4.69) is 31.3 Å². The molecule has 1 saturated carbocycles. The number of nitrogens with one attached hydrogen (secondary N) is 1. The monoisotopic (exact) mass is 275 g/mol. The third-order valence-electron chi connectivity index (χ3n) is 4.15. The summed E-state index contributed by atoms with van der Waals surface area (Å²) < 4.78 is 5.31. The average Bonchev–Trinajstić information content (AvgIpc) is 2.75. The summed E-state index contributed by atoms with van der Waals surface area (Å²) in [6, 6.07) is 10.2. The molecule has 1 aromatic rings. The van der Waals surface area contributed by atoms with Gasteiger partial charge in [-0.1, -0.05) is 44.2 Å². The average molecular weight is 275 g/mol. The van der Waals surface area contributed by atoms with E-state index >= 15 is 0 Å². The number of rotatable bonds is 5. The second kappa shape index (κ2) is 5.96. The Morgan fingerprint density at radius 3 is 2.50 bits per heavy atom. The van der Waals surface area contributed by atoms with Crippen molar-refractivity contribution in [3.8, 4) is 0 Å². The summed E-state index contributed by atoms with van der Waals surface area (Å²) in [5.74, 6) is -0.0958. The molecule has 1 fully saturated rings. The SMILES string of the molecule is CCOC(=O)C1(NCc2ccccc2)CCC(C)(C)C1. The van der Waals surface area contributed by atoms with Crippen LogP contribution in [0.5, 0.6) is 0 Å². The predicted octanol–water partition coefficient (Wildman–Crippen LogP) is 3.29. The second-order valence-electron chi connectivity index (χ2n) is 6.48. The molecule has 0 heterocycles. The Balaban J connectivity index is 2.10. The van der Waals surface area contributed by atoms with Crippen molar-refractivity contribution in [2.24, 2.45) is 5.41 Å². The summed E-state index contributed by atoms with van der Waals surface area (Å²) in [4.78, 5) is 12.4. The van der Waals surface area contributed by atoms with Gasteiger partial charge in [0.25, 0.3) is 0 Å².